The van der Waals surface area contributed by atoms with Gasteiger partial charge in [-0.05, 0) is 30.3 Å². The number of benzene rings is 2. The van der Waals surface area contributed by atoms with E-state index < -0.39 is 5.97 Å². The molecule has 6 nitrogen and oxygen atoms in total. The van der Waals surface area contributed by atoms with Crippen LogP contribution in [-0.4, -0.2) is 33.1 Å². The van der Waals surface area contributed by atoms with E-state index in [1.165, 1.54) is 12.1 Å². The number of carbonyl (C=O) groups is 2. The quantitative estimate of drug-likeness (QED) is 0.572. The highest BCUT2D eigenvalue weighted by Crippen LogP contribution is 2.27. The molecule has 0 saturated heterocycles. The summed E-state index contributed by atoms with van der Waals surface area (Å²) in [6.45, 7) is 0.999. The standard InChI is InChI=1S/C21H17N3O3/c25-20(14-4-3-5-15(12-14)21(26)27)23-10-11-24-18-7-2-1-6-16(18)17-8-9-22-13-19(17)24/h1-9,12-13H,10-11H2,(H,23,25)(H,26,27). The predicted molar refractivity (Wildman–Crippen MR) is 103 cm³/mol. The lowest BCUT2D eigenvalue weighted by Gasteiger charge is -2.09. The van der Waals surface area contributed by atoms with Gasteiger partial charge in [-0.1, -0.05) is 24.3 Å². The van der Waals surface area contributed by atoms with E-state index in [1.54, 1.807) is 18.3 Å². The number of amides is 1. The largest absolute Gasteiger partial charge is 0.478 e. The third kappa shape index (κ3) is 3.13. The van der Waals surface area contributed by atoms with Crippen molar-refractivity contribution in [2.24, 2.45) is 0 Å². The number of hydrogen-bond donors (Lipinski definition) is 2. The topological polar surface area (TPSA) is 84.2 Å². The SMILES string of the molecule is O=C(O)c1cccc(C(=O)NCCn2c3ccccc3c3ccncc32)c1. The van der Waals surface area contributed by atoms with Crippen LogP contribution >= 0.6 is 0 Å². The molecule has 4 aromatic rings. The van der Waals surface area contributed by atoms with E-state index in [0.717, 1.165) is 21.8 Å². The van der Waals surface area contributed by atoms with Crippen LogP contribution in [-0.2, 0) is 6.54 Å². The lowest BCUT2D eigenvalue weighted by atomic mass is 10.1. The zero-order valence-electron chi connectivity index (χ0n) is 14.4. The molecule has 134 valence electrons. The fourth-order valence-electron chi connectivity index (χ4n) is 3.31. The highest BCUT2D eigenvalue weighted by molar-refractivity contribution is 6.07. The predicted octanol–water partition coefficient (Wildman–Crippen LogP) is 3.32. The molecule has 2 N–H and O–H groups in total. The average Bonchev–Trinajstić information content (AvgIpc) is 3.02. The van der Waals surface area contributed by atoms with Crippen molar-refractivity contribution in [2.75, 3.05) is 6.54 Å². The van der Waals surface area contributed by atoms with Crippen LogP contribution in [0.25, 0.3) is 21.8 Å². The maximum Gasteiger partial charge on any atom is 0.335 e. The Hall–Kier alpha value is -3.67. The van der Waals surface area contributed by atoms with Gasteiger partial charge in [-0.2, -0.15) is 0 Å². The Labute approximate surface area is 155 Å². The molecule has 2 aromatic heterocycles. The van der Waals surface area contributed by atoms with Gasteiger partial charge in [0.05, 0.1) is 17.3 Å². The summed E-state index contributed by atoms with van der Waals surface area (Å²) in [5.74, 6) is -1.35. The fourth-order valence-corrected chi connectivity index (χ4v) is 3.31. The molecule has 0 spiro atoms. The monoisotopic (exact) mass is 359 g/mol. The number of para-hydroxylation sites is 1. The smallest absolute Gasteiger partial charge is 0.335 e. The molecule has 0 fully saturated rings. The van der Waals surface area contributed by atoms with Gasteiger partial charge in [0.1, 0.15) is 0 Å². The van der Waals surface area contributed by atoms with Gasteiger partial charge in [0.25, 0.3) is 5.91 Å². The Morgan fingerprint density at radius 2 is 1.74 bits per heavy atom. The lowest BCUT2D eigenvalue weighted by Crippen LogP contribution is -2.27. The van der Waals surface area contributed by atoms with E-state index in [2.05, 4.69) is 20.9 Å². The van der Waals surface area contributed by atoms with Crippen LogP contribution in [0.15, 0.2) is 67.0 Å². The summed E-state index contributed by atoms with van der Waals surface area (Å²) < 4.78 is 2.13. The van der Waals surface area contributed by atoms with Crippen molar-refractivity contribution < 1.29 is 14.7 Å². The maximum absolute atomic E-state index is 12.3. The molecule has 2 aromatic carbocycles. The van der Waals surface area contributed by atoms with Crippen molar-refractivity contribution in [2.45, 2.75) is 6.54 Å². The first-order chi connectivity index (χ1) is 13.1. The third-order valence-corrected chi connectivity index (χ3v) is 4.57. The minimum absolute atomic E-state index is 0.0936. The second kappa shape index (κ2) is 6.92. The molecule has 0 atom stereocenters. The van der Waals surface area contributed by atoms with Gasteiger partial charge in [-0.25, -0.2) is 4.79 Å². The van der Waals surface area contributed by atoms with E-state index in [0.29, 0.717) is 18.7 Å². The maximum atomic E-state index is 12.3. The Kier molecular flexibility index (Phi) is 4.30. The number of nitrogens with one attached hydrogen (secondary N) is 1. The fraction of sp³-hybridized carbons (Fsp3) is 0.0952. The molecular weight excluding hydrogens is 342 g/mol. The number of carbonyl (C=O) groups excluding carboxylic acids is 1. The number of carboxylic acids is 1. The van der Waals surface area contributed by atoms with Crippen LogP contribution in [0.3, 0.4) is 0 Å². The molecule has 6 heteroatoms. The highest BCUT2D eigenvalue weighted by atomic mass is 16.4. The minimum atomic E-state index is -1.05. The first-order valence-electron chi connectivity index (χ1n) is 8.57. The van der Waals surface area contributed by atoms with Crippen LogP contribution in [0.1, 0.15) is 20.7 Å². The number of rotatable bonds is 5. The van der Waals surface area contributed by atoms with Gasteiger partial charge in [0.2, 0.25) is 0 Å². The number of pyridine rings is 1. The molecular formula is C21H17N3O3. The number of aromatic carboxylic acids is 1. The third-order valence-electron chi connectivity index (χ3n) is 4.57. The average molecular weight is 359 g/mol. The number of nitrogens with zero attached hydrogens (tertiary/aromatic N) is 2. The molecule has 0 aliphatic carbocycles. The summed E-state index contributed by atoms with van der Waals surface area (Å²) in [6, 6.07) is 16.1. The van der Waals surface area contributed by atoms with Crippen LogP contribution in [0, 0.1) is 0 Å². The molecule has 0 radical (unpaired) electrons. The summed E-state index contributed by atoms with van der Waals surface area (Å²) in [6.07, 6.45) is 3.60. The van der Waals surface area contributed by atoms with E-state index in [-0.39, 0.29) is 11.5 Å². The number of fused-ring (bicyclic) bond motifs is 3. The summed E-state index contributed by atoms with van der Waals surface area (Å²) >= 11 is 0. The molecule has 0 unspecified atom stereocenters. The zero-order chi connectivity index (χ0) is 18.8. The Morgan fingerprint density at radius 3 is 2.59 bits per heavy atom. The van der Waals surface area contributed by atoms with Crippen molar-refractivity contribution in [3.05, 3.63) is 78.1 Å². The van der Waals surface area contributed by atoms with E-state index in [4.69, 9.17) is 5.11 Å². The van der Waals surface area contributed by atoms with Crippen molar-refractivity contribution in [3.8, 4) is 0 Å². The second-order valence-corrected chi connectivity index (χ2v) is 6.20. The van der Waals surface area contributed by atoms with Crippen molar-refractivity contribution in [1.82, 2.24) is 14.9 Å². The molecule has 1 amide bonds. The zero-order valence-corrected chi connectivity index (χ0v) is 14.4. The van der Waals surface area contributed by atoms with E-state index in [9.17, 15) is 9.59 Å². The molecule has 27 heavy (non-hydrogen) atoms. The van der Waals surface area contributed by atoms with E-state index >= 15 is 0 Å². The van der Waals surface area contributed by atoms with Gasteiger partial charge < -0.3 is 15.0 Å². The van der Waals surface area contributed by atoms with Gasteiger partial charge in [0, 0.05) is 41.1 Å². The van der Waals surface area contributed by atoms with Crippen LogP contribution in [0.4, 0.5) is 0 Å². The minimum Gasteiger partial charge on any atom is -0.478 e. The Morgan fingerprint density at radius 1 is 0.963 bits per heavy atom. The Balaban J connectivity index is 1.55. The highest BCUT2D eigenvalue weighted by Gasteiger charge is 2.12. The number of hydrogen-bond acceptors (Lipinski definition) is 3. The molecule has 2 heterocycles. The van der Waals surface area contributed by atoms with Gasteiger partial charge in [0.15, 0.2) is 0 Å². The van der Waals surface area contributed by atoms with Gasteiger partial charge in [-0.3, -0.25) is 9.78 Å². The summed E-state index contributed by atoms with van der Waals surface area (Å²) in [5.41, 5.74) is 2.53. The van der Waals surface area contributed by atoms with Crippen LogP contribution < -0.4 is 5.32 Å². The van der Waals surface area contributed by atoms with Crippen LogP contribution in [0.2, 0.25) is 0 Å². The summed E-state index contributed by atoms with van der Waals surface area (Å²) in [4.78, 5) is 27.6. The lowest BCUT2D eigenvalue weighted by molar-refractivity contribution is 0.0697. The van der Waals surface area contributed by atoms with Crippen molar-refractivity contribution in [3.63, 3.8) is 0 Å². The Bertz CT molecular complexity index is 1110. The number of carboxylic acid groups (broad SMARTS) is 1. The van der Waals surface area contributed by atoms with Crippen molar-refractivity contribution in [1.29, 1.82) is 0 Å². The second-order valence-electron chi connectivity index (χ2n) is 6.20. The van der Waals surface area contributed by atoms with Crippen molar-refractivity contribution >= 4 is 33.7 Å². The molecule has 0 bridgehead atoms. The first-order valence-corrected chi connectivity index (χ1v) is 8.57. The van der Waals surface area contributed by atoms with Gasteiger partial charge in [-0.15, -0.1) is 0 Å². The van der Waals surface area contributed by atoms with Crippen LogP contribution in [0.5, 0.6) is 0 Å². The normalized spacial score (nSPS) is 11.0. The van der Waals surface area contributed by atoms with E-state index in [1.807, 2.05) is 30.5 Å². The molecule has 4 rings (SSSR count). The molecule has 0 aliphatic rings. The first kappa shape index (κ1) is 16.8. The summed E-state index contributed by atoms with van der Waals surface area (Å²) in [5, 5.41) is 14.2. The van der Waals surface area contributed by atoms with Gasteiger partial charge >= 0.3 is 5.97 Å². The molecule has 0 aliphatic heterocycles. The molecule has 0 saturated carbocycles. The number of aromatic nitrogens is 2. The summed E-state index contributed by atoms with van der Waals surface area (Å²) in [7, 11) is 0.